The molecular weight excluding hydrogens is 390 g/mol. The lowest BCUT2D eigenvalue weighted by Gasteiger charge is -2.36. The first kappa shape index (κ1) is 21.8. The topological polar surface area (TPSA) is 122 Å². The number of fused-ring (bicyclic) bond motifs is 3. The van der Waals surface area contributed by atoms with Crippen LogP contribution in [-0.4, -0.2) is 45.4 Å². The van der Waals surface area contributed by atoms with Crippen molar-refractivity contribution in [3.05, 3.63) is 29.6 Å². The van der Waals surface area contributed by atoms with Gasteiger partial charge in [-0.25, -0.2) is 9.97 Å². The van der Waals surface area contributed by atoms with E-state index < -0.39 is 0 Å². The number of nitrogen functional groups attached to an aromatic ring is 1. The molecule has 1 unspecified atom stereocenters. The fourth-order valence-corrected chi connectivity index (χ4v) is 5.26. The van der Waals surface area contributed by atoms with E-state index in [-0.39, 0.29) is 17.3 Å². The lowest BCUT2D eigenvalue weighted by molar-refractivity contribution is 0.198. The second-order valence-electron chi connectivity index (χ2n) is 9.79. The van der Waals surface area contributed by atoms with E-state index in [1.165, 1.54) is 38.4 Å². The number of aromatic nitrogens is 2. The van der Waals surface area contributed by atoms with E-state index in [2.05, 4.69) is 28.7 Å². The van der Waals surface area contributed by atoms with Gasteiger partial charge in [0.25, 0.3) is 0 Å². The Hall–Kier alpha value is -2.38. The summed E-state index contributed by atoms with van der Waals surface area (Å²) in [5.41, 5.74) is 16.2. The molecule has 1 aliphatic heterocycles. The highest BCUT2D eigenvalue weighted by molar-refractivity contribution is 5.83. The van der Waals surface area contributed by atoms with Gasteiger partial charge in [0.05, 0.1) is 17.5 Å². The molecule has 1 aromatic carbocycles. The van der Waals surface area contributed by atoms with E-state index in [0.29, 0.717) is 18.4 Å². The summed E-state index contributed by atoms with van der Waals surface area (Å²) in [5, 5.41) is 20.4. The van der Waals surface area contributed by atoms with Gasteiger partial charge in [-0.15, -0.1) is 0 Å². The zero-order valence-electron chi connectivity index (χ0n) is 18.6. The third kappa shape index (κ3) is 4.34. The molecular formula is C24H35N5O2. The van der Waals surface area contributed by atoms with E-state index in [4.69, 9.17) is 11.5 Å². The van der Waals surface area contributed by atoms with Crippen LogP contribution >= 0.6 is 0 Å². The van der Waals surface area contributed by atoms with Gasteiger partial charge in [0, 0.05) is 30.3 Å². The van der Waals surface area contributed by atoms with Crippen molar-refractivity contribution in [1.29, 1.82) is 0 Å². The average Bonchev–Trinajstić information content (AvgIpc) is 3.14. The molecule has 1 saturated heterocycles. The van der Waals surface area contributed by atoms with Gasteiger partial charge in [-0.05, 0) is 48.8 Å². The summed E-state index contributed by atoms with van der Waals surface area (Å²) < 4.78 is 0. The van der Waals surface area contributed by atoms with Crippen molar-refractivity contribution in [3.8, 4) is 17.0 Å². The first-order valence-electron chi connectivity index (χ1n) is 11.4. The Bertz CT molecular complexity index is 940. The zero-order valence-corrected chi connectivity index (χ0v) is 18.6. The standard InChI is InChI=1S/C18H22N4O2.C6H13N/c1-18(2)7-12-11(15-14(18)17(19)21-9-20-15)3-4-13(24)16(12)22-6-5-10(23)8-22;7-6-4-2-1-3-5-6/h3-4,9-10,23-24H,5-8H2,1-2H3,(H2,19,20,21);6H,1-5,7H2. The third-order valence-corrected chi connectivity index (χ3v) is 6.82. The molecule has 31 heavy (non-hydrogen) atoms. The molecule has 3 aliphatic rings. The number of rotatable bonds is 1. The number of benzene rings is 1. The molecule has 168 valence electrons. The monoisotopic (exact) mass is 425 g/mol. The lowest BCUT2D eigenvalue weighted by Crippen LogP contribution is -2.31. The highest BCUT2D eigenvalue weighted by atomic mass is 16.3. The quantitative estimate of drug-likeness (QED) is 0.554. The summed E-state index contributed by atoms with van der Waals surface area (Å²) in [5.74, 6) is 0.769. The molecule has 0 spiro atoms. The van der Waals surface area contributed by atoms with E-state index in [1.54, 1.807) is 6.07 Å². The maximum atomic E-state index is 10.5. The largest absolute Gasteiger partial charge is 0.506 e. The third-order valence-electron chi connectivity index (χ3n) is 6.82. The highest BCUT2D eigenvalue weighted by Gasteiger charge is 2.38. The maximum Gasteiger partial charge on any atom is 0.139 e. The molecule has 0 amide bonds. The summed E-state index contributed by atoms with van der Waals surface area (Å²) in [6.45, 7) is 5.54. The van der Waals surface area contributed by atoms with Gasteiger partial charge in [0.15, 0.2) is 0 Å². The van der Waals surface area contributed by atoms with Gasteiger partial charge in [-0.2, -0.15) is 0 Å². The number of anilines is 2. The minimum atomic E-state index is -0.345. The van der Waals surface area contributed by atoms with Crippen LogP contribution in [0.3, 0.4) is 0 Å². The number of aliphatic hydroxyl groups excluding tert-OH is 1. The predicted molar refractivity (Wildman–Crippen MR) is 124 cm³/mol. The smallest absolute Gasteiger partial charge is 0.139 e. The van der Waals surface area contributed by atoms with Crippen molar-refractivity contribution in [3.63, 3.8) is 0 Å². The number of β-amino-alcohol motifs (C(OH)–C–C–N with tert-alkyl or cyclic N) is 1. The molecule has 2 aromatic rings. The minimum Gasteiger partial charge on any atom is -0.506 e. The van der Waals surface area contributed by atoms with Gasteiger partial charge in [0.1, 0.15) is 17.9 Å². The molecule has 2 fully saturated rings. The van der Waals surface area contributed by atoms with Crippen molar-refractivity contribution in [2.24, 2.45) is 5.73 Å². The second kappa shape index (κ2) is 8.63. The van der Waals surface area contributed by atoms with Crippen LogP contribution in [-0.2, 0) is 11.8 Å². The number of aromatic hydroxyl groups is 1. The van der Waals surface area contributed by atoms with Gasteiger partial charge in [-0.1, -0.05) is 33.1 Å². The summed E-state index contributed by atoms with van der Waals surface area (Å²) in [4.78, 5) is 10.7. The first-order valence-corrected chi connectivity index (χ1v) is 11.4. The van der Waals surface area contributed by atoms with Crippen LogP contribution < -0.4 is 16.4 Å². The Morgan fingerprint density at radius 2 is 1.84 bits per heavy atom. The van der Waals surface area contributed by atoms with Crippen molar-refractivity contribution in [1.82, 2.24) is 9.97 Å². The Balaban J connectivity index is 0.000000282. The number of nitrogens with zero attached hydrogens (tertiary/aromatic N) is 3. The number of hydrogen-bond donors (Lipinski definition) is 4. The van der Waals surface area contributed by atoms with E-state index in [0.717, 1.165) is 47.5 Å². The Morgan fingerprint density at radius 3 is 2.45 bits per heavy atom. The Kier molecular flexibility index (Phi) is 6.08. The summed E-state index contributed by atoms with van der Waals surface area (Å²) in [6, 6.07) is 4.15. The molecule has 5 rings (SSSR count). The van der Waals surface area contributed by atoms with Crippen LogP contribution in [0.4, 0.5) is 11.5 Å². The van der Waals surface area contributed by atoms with Crippen LogP contribution in [0.1, 0.15) is 63.5 Å². The fourth-order valence-electron chi connectivity index (χ4n) is 5.26. The molecule has 0 radical (unpaired) electrons. The van der Waals surface area contributed by atoms with Crippen LogP contribution in [0.25, 0.3) is 11.3 Å². The molecule has 1 atom stereocenters. The number of phenols is 1. The van der Waals surface area contributed by atoms with Gasteiger partial charge >= 0.3 is 0 Å². The van der Waals surface area contributed by atoms with Crippen LogP contribution in [0.5, 0.6) is 5.75 Å². The molecule has 7 heteroatoms. The normalized spacial score (nSPS) is 22.3. The van der Waals surface area contributed by atoms with E-state index in [1.807, 2.05) is 6.07 Å². The maximum absolute atomic E-state index is 10.5. The molecule has 1 saturated carbocycles. The van der Waals surface area contributed by atoms with Gasteiger partial charge in [-0.3, -0.25) is 0 Å². The first-order chi connectivity index (χ1) is 14.8. The molecule has 7 nitrogen and oxygen atoms in total. The molecule has 2 heterocycles. The van der Waals surface area contributed by atoms with Crippen LogP contribution in [0, 0.1) is 0 Å². The summed E-state index contributed by atoms with van der Waals surface area (Å²) in [7, 11) is 0. The number of nitrogens with two attached hydrogens (primary N) is 2. The van der Waals surface area contributed by atoms with Gasteiger partial charge in [0.2, 0.25) is 0 Å². The Labute approximate surface area is 184 Å². The van der Waals surface area contributed by atoms with Crippen LogP contribution in [0.2, 0.25) is 0 Å². The number of phenolic OH excluding ortho intramolecular Hbond substituents is 1. The van der Waals surface area contributed by atoms with E-state index in [9.17, 15) is 10.2 Å². The molecule has 1 aromatic heterocycles. The SMILES string of the molecule is CC1(C)Cc2c(ccc(O)c2N2CCC(O)C2)-c2ncnc(N)c21.NC1CCCCC1. The predicted octanol–water partition coefficient (Wildman–Crippen LogP) is 3.11. The zero-order chi connectivity index (χ0) is 22.2. The molecule has 2 aliphatic carbocycles. The van der Waals surface area contributed by atoms with E-state index >= 15 is 0 Å². The average molecular weight is 426 g/mol. The molecule has 0 bridgehead atoms. The summed E-state index contributed by atoms with van der Waals surface area (Å²) >= 11 is 0. The Morgan fingerprint density at radius 1 is 1.10 bits per heavy atom. The second-order valence-corrected chi connectivity index (χ2v) is 9.79. The van der Waals surface area contributed by atoms with Gasteiger partial charge < -0.3 is 26.6 Å². The van der Waals surface area contributed by atoms with Crippen LogP contribution in [0.15, 0.2) is 18.5 Å². The fraction of sp³-hybridized carbons (Fsp3) is 0.583. The highest BCUT2D eigenvalue weighted by Crippen LogP contribution is 2.49. The van der Waals surface area contributed by atoms with Crippen molar-refractivity contribution < 1.29 is 10.2 Å². The number of aliphatic hydroxyl groups is 1. The van der Waals surface area contributed by atoms with Crippen molar-refractivity contribution in [2.75, 3.05) is 23.7 Å². The number of hydrogen-bond acceptors (Lipinski definition) is 7. The molecule has 6 N–H and O–H groups in total. The minimum absolute atomic E-state index is 0.228. The summed E-state index contributed by atoms with van der Waals surface area (Å²) in [6.07, 6.45) is 9.27. The van der Waals surface area contributed by atoms with Crippen molar-refractivity contribution in [2.45, 2.75) is 76.4 Å². The van der Waals surface area contributed by atoms with Crippen molar-refractivity contribution >= 4 is 11.5 Å². The lowest BCUT2D eigenvalue weighted by atomic mass is 9.71.